The van der Waals surface area contributed by atoms with E-state index in [-0.39, 0.29) is 22.9 Å². The Labute approximate surface area is 180 Å². The number of nitrogens with one attached hydrogen (secondary N) is 1. The van der Waals surface area contributed by atoms with E-state index < -0.39 is 22.5 Å². The highest BCUT2D eigenvalue weighted by molar-refractivity contribution is 7.92. The van der Waals surface area contributed by atoms with E-state index in [1.807, 2.05) is 6.92 Å². The molecule has 0 saturated heterocycles. The molecule has 156 valence electrons. The van der Waals surface area contributed by atoms with Crippen LogP contribution in [0.1, 0.15) is 11.1 Å². The lowest BCUT2D eigenvalue weighted by Crippen LogP contribution is -2.40. The molecule has 0 aliphatic rings. The summed E-state index contributed by atoms with van der Waals surface area (Å²) in [5, 5.41) is 13.5. The van der Waals surface area contributed by atoms with Gasteiger partial charge in [0.2, 0.25) is 5.91 Å². The molecule has 0 spiro atoms. The monoisotopic (exact) mass is 444 g/mol. The largest absolute Gasteiger partial charge is 0.506 e. The van der Waals surface area contributed by atoms with Crippen LogP contribution in [0.2, 0.25) is 5.02 Å². The van der Waals surface area contributed by atoms with Gasteiger partial charge in [-0.2, -0.15) is 0 Å². The Bertz CT molecular complexity index is 1130. The van der Waals surface area contributed by atoms with E-state index in [0.29, 0.717) is 5.02 Å². The number of amides is 1. The number of nitrogens with zero attached hydrogens (tertiary/aromatic N) is 1. The van der Waals surface area contributed by atoms with Crippen molar-refractivity contribution in [2.24, 2.45) is 0 Å². The molecule has 0 saturated carbocycles. The molecule has 0 fully saturated rings. The molecule has 30 heavy (non-hydrogen) atoms. The Morgan fingerprint density at radius 3 is 2.27 bits per heavy atom. The molecule has 0 atom stereocenters. The minimum absolute atomic E-state index is 0.0275. The number of phenols is 1. The van der Waals surface area contributed by atoms with Gasteiger partial charge in [-0.05, 0) is 48.9 Å². The summed E-state index contributed by atoms with van der Waals surface area (Å²) in [5.74, 6) is -0.748. The lowest BCUT2D eigenvalue weighted by Gasteiger charge is -2.24. The highest BCUT2D eigenvalue weighted by atomic mass is 35.5. The summed E-state index contributed by atoms with van der Waals surface area (Å²) in [6, 6.07) is 19.3. The first-order valence-corrected chi connectivity index (χ1v) is 11.0. The highest BCUT2D eigenvalue weighted by Crippen LogP contribution is 2.31. The van der Waals surface area contributed by atoms with Crippen LogP contribution in [0.15, 0.2) is 77.7 Å². The third kappa shape index (κ3) is 5.11. The van der Waals surface area contributed by atoms with Crippen molar-refractivity contribution >= 4 is 33.2 Å². The number of sulfonamides is 1. The maximum atomic E-state index is 13.3. The first-order chi connectivity index (χ1) is 14.3. The van der Waals surface area contributed by atoms with Gasteiger partial charge in [0.05, 0.1) is 10.6 Å². The average Bonchev–Trinajstić information content (AvgIpc) is 2.72. The summed E-state index contributed by atoms with van der Waals surface area (Å²) < 4.78 is 27.4. The molecule has 0 unspecified atom stereocenters. The third-order valence-corrected chi connectivity index (χ3v) is 6.48. The van der Waals surface area contributed by atoms with Crippen molar-refractivity contribution in [3.8, 4) is 5.75 Å². The molecule has 0 radical (unpaired) electrons. The number of hydrogen-bond donors (Lipinski definition) is 2. The van der Waals surface area contributed by atoms with Crippen LogP contribution in [0.25, 0.3) is 0 Å². The zero-order valence-corrected chi connectivity index (χ0v) is 17.8. The van der Waals surface area contributed by atoms with Gasteiger partial charge < -0.3 is 10.4 Å². The van der Waals surface area contributed by atoms with Gasteiger partial charge >= 0.3 is 0 Å². The maximum Gasteiger partial charge on any atom is 0.264 e. The predicted molar refractivity (Wildman–Crippen MR) is 117 cm³/mol. The number of carbonyl (C=O) groups is 1. The van der Waals surface area contributed by atoms with Gasteiger partial charge in [-0.3, -0.25) is 9.10 Å². The summed E-state index contributed by atoms with van der Waals surface area (Å²) in [4.78, 5) is 12.6. The van der Waals surface area contributed by atoms with Gasteiger partial charge in [-0.1, -0.05) is 53.6 Å². The van der Waals surface area contributed by atoms with E-state index >= 15 is 0 Å². The van der Waals surface area contributed by atoms with Crippen LogP contribution in [-0.4, -0.2) is 26.0 Å². The Kier molecular flexibility index (Phi) is 6.64. The lowest BCUT2D eigenvalue weighted by molar-refractivity contribution is -0.119. The number of rotatable bonds is 7. The van der Waals surface area contributed by atoms with Crippen molar-refractivity contribution in [1.29, 1.82) is 0 Å². The van der Waals surface area contributed by atoms with Crippen molar-refractivity contribution in [2.45, 2.75) is 18.4 Å². The van der Waals surface area contributed by atoms with Crippen LogP contribution in [-0.2, 0) is 21.4 Å². The second-order valence-electron chi connectivity index (χ2n) is 6.72. The molecule has 0 aliphatic carbocycles. The minimum atomic E-state index is -4.08. The Morgan fingerprint density at radius 1 is 1.00 bits per heavy atom. The molecular weight excluding hydrogens is 424 g/mol. The number of halogens is 1. The second-order valence-corrected chi connectivity index (χ2v) is 9.02. The highest BCUT2D eigenvalue weighted by Gasteiger charge is 2.28. The minimum Gasteiger partial charge on any atom is -0.506 e. The van der Waals surface area contributed by atoms with Gasteiger partial charge in [-0.25, -0.2) is 8.42 Å². The number of benzene rings is 3. The van der Waals surface area contributed by atoms with Crippen LogP contribution < -0.4 is 9.62 Å². The van der Waals surface area contributed by atoms with Crippen LogP contribution in [0, 0.1) is 6.92 Å². The first-order valence-electron chi connectivity index (χ1n) is 9.16. The van der Waals surface area contributed by atoms with Crippen molar-refractivity contribution in [3.63, 3.8) is 0 Å². The number of phenolic OH excluding ortho intramolecular Hbond substituents is 1. The van der Waals surface area contributed by atoms with Crippen molar-refractivity contribution < 1.29 is 18.3 Å². The first kappa shape index (κ1) is 21.7. The summed E-state index contributed by atoms with van der Waals surface area (Å²) in [7, 11) is -4.08. The van der Waals surface area contributed by atoms with E-state index in [4.69, 9.17) is 11.6 Å². The molecule has 3 aromatic rings. The van der Waals surface area contributed by atoms with Crippen LogP contribution in [0.4, 0.5) is 5.69 Å². The second kappa shape index (κ2) is 9.19. The van der Waals surface area contributed by atoms with Crippen molar-refractivity contribution in [3.05, 3.63) is 88.9 Å². The molecule has 3 aromatic carbocycles. The Morgan fingerprint density at radius 2 is 1.63 bits per heavy atom. The molecule has 1 amide bonds. The third-order valence-electron chi connectivity index (χ3n) is 4.45. The Balaban J connectivity index is 1.86. The quantitative estimate of drug-likeness (QED) is 0.579. The average molecular weight is 445 g/mol. The molecule has 6 nitrogen and oxygen atoms in total. The van der Waals surface area contributed by atoms with Crippen molar-refractivity contribution in [2.75, 3.05) is 10.8 Å². The lowest BCUT2D eigenvalue weighted by atomic mass is 10.2. The zero-order valence-electron chi connectivity index (χ0n) is 16.2. The molecule has 8 heteroatoms. The number of aryl methyl sites for hydroxylation is 1. The fourth-order valence-electron chi connectivity index (χ4n) is 2.80. The zero-order chi connectivity index (χ0) is 21.7. The normalized spacial score (nSPS) is 11.1. The molecule has 3 rings (SSSR count). The van der Waals surface area contributed by atoms with E-state index in [2.05, 4.69) is 5.32 Å². The van der Waals surface area contributed by atoms with Crippen LogP contribution >= 0.6 is 11.6 Å². The van der Waals surface area contributed by atoms with Gasteiger partial charge in [0.25, 0.3) is 10.0 Å². The van der Waals surface area contributed by atoms with Gasteiger partial charge in [0.1, 0.15) is 12.3 Å². The number of carbonyl (C=O) groups excluding carboxylic acids is 1. The van der Waals surface area contributed by atoms with Gasteiger partial charge in [0.15, 0.2) is 0 Å². The van der Waals surface area contributed by atoms with Crippen molar-refractivity contribution in [1.82, 2.24) is 5.32 Å². The molecule has 0 aromatic heterocycles. The molecule has 0 aliphatic heterocycles. The SMILES string of the molecule is Cc1ccc(S(=O)(=O)N(CC(=O)NCc2ccc(Cl)cc2)c2ccccc2O)cc1. The number of aromatic hydroxyl groups is 1. The summed E-state index contributed by atoms with van der Waals surface area (Å²) >= 11 is 5.86. The van der Waals surface area contributed by atoms with E-state index in [0.717, 1.165) is 15.4 Å². The fraction of sp³-hybridized carbons (Fsp3) is 0.136. The van der Waals surface area contributed by atoms with Crippen LogP contribution in [0.3, 0.4) is 0 Å². The topological polar surface area (TPSA) is 86.7 Å². The predicted octanol–water partition coefficient (Wildman–Crippen LogP) is 3.87. The molecule has 2 N–H and O–H groups in total. The summed E-state index contributed by atoms with van der Waals surface area (Å²) in [5.41, 5.74) is 1.76. The fourth-order valence-corrected chi connectivity index (χ4v) is 4.36. The number of para-hydroxylation sites is 2. The van der Waals surface area contributed by atoms with Gasteiger partial charge in [-0.15, -0.1) is 0 Å². The smallest absolute Gasteiger partial charge is 0.264 e. The standard InChI is InChI=1S/C22H21ClN2O4S/c1-16-6-12-19(13-7-16)30(28,29)25(20-4-2-3-5-21(20)26)15-22(27)24-14-17-8-10-18(23)11-9-17/h2-13,26H,14-15H2,1H3,(H,24,27). The molecular formula is C22H21ClN2O4S. The maximum absolute atomic E-state index is 13.3. The van der Waals surface area contributed by atoms with E-state index in [1.54, 1.807) is 48.5 Å². The van der Waals surface area contributed by atoms with Crippen LogP contribution in [0.5, 0.6) is 5.75 Å². The Hall–Kier alpha value is -3.03. The molecule has 0 heterocycles. The van der Waals surface area contributed by atoms with E-state index in [9.17, 15) is 18.3 Å². The van der Waals surface area contributed by atoms with Gasteiger partial charge in [0, 0.05) is 11.6 Å². The summed E-state index contributed by atoms with van der Waals surface area (Å²) in [6.45, 7) is 1.58. The number of anilines is 1. The summed E-state index contributed by atoms with van der Waals surface area (Å²) in [6.07, 6.45) is 0. The number of hydrogen-bond acceptors (Lipinski definition) is 4. The van der Waals surface area contributed by atoms with E-state index in [1.165, 1.54) is 24.3 Å². The molecule has 0 bridgehead atoms.